The van der Waals surface area contributed by atoms with Gasteiger partial charge in [-0.2, -0.15) is 0 Å². The molecule has 0 aliphatic heterocycles. The smallest absolute Gasteiger partial charge is 0.263 e. The van der Waals surface area contributed by atoms with Crippen molar-refractivity contribution in [2.24, 2.45) is 0 Å². The summed E-state index contributed by atoms with van der Waals surface area (Å²) in [6.07, 6.45) is 1.54. The van der Waals surface area contributed by atoms with Crippen molar-refractivity contribution in [2.75, 3.05) is 40.4 Å². The van der Waals surface area contributed by atoms with E-state index in [9.17, 15) is 9.59 Å². The highest BCUT2D eigenvalue weighted by Gasteiger charge is 2.22. The van der Waals surface area contributed by atoms with Gasteiger partial charge in [-0.25, -0.2) is 0 Å². The molecule has 4 rings (SSSR count). The first-order chi connectivity index (χ1) is 16.9. The van der Waals surface area contributed by atoms with Gasteiger partial charge in [0.15, 0.2) is 23.0 Å². The molecule has 8 nitrogen and oxygen atoms in total. The number of pyridine rings is 1. The van der Waals surface area contributed by atoms with Crippen LogP contribution in [0.15, 0.2) is 71.7 Å². The Kier molecular flexibility index (Phi) is 6.64. The van der Waals surface area contributed by atoms with Gasteiger partial charge in [-0.05, 0) is 30.3 Å². The van der Waals surface area contributed by atoms with Crippen LogP contribution in [0.5, 0.6) is 23.0 Å². The molecule has 0 atom stereocenters. The molecule has 0 radical (unpaired) electrons. The predicted molar refractivity (Wildman–Crippen MR) is 135 cm³/mol. The van der Waals surface area contributed by atoms with Gasteiger partial charge in [0.05, 0.1) is 39.3 Å². The van der Waals surface area contributed by atoms with E-state index in [1.165, 1.54) is 19.1 Å². The monoisotopic (exact) mass is 474 g/mol. The number of ether oxygens (including phenoxy) is 4. The molecular formula is C27H26N2O6. The van der Waals surface area contributed by atoms with Crippen LogP contribution in [0, 0.1) is 0 Å². The second kappa shape index (κ2) is 9.80. The Hall–Kier alpha value is -4.46. The van der Waals surface area contributed by atoms with Crippen LogP contribution in [-0.2, 0) is 0 Å². The minimum Gasteiger partial charge on any atom is -0.493 e. The second-order valence-corrected chi connectivity index (χ2v) is 7.71. The lowest BCUT2D eigenvalue weighted by molar-refractivity contribution is 0.0991. The number of benzene rings is 3. The first kappa shape index (κ1) is 23.7. The summed E-state index contributed by atoms with van der Waals surface area (Å²) < 4.78 is 23.5. The van der Waals surface area contributed by atoms with Crippen LogP contribution >= 0.6 is 0 Å². The van der Waals surface area contributed by atoms with E-state index in [0.717, 1.165) is 0 Å². The van der Waals surface area contributed by atoms with E-state index in [0.29, 0.717) is 45.3 Å². The van der Waals surface area contributed by atoms with Gasteiger partial charge >= 0.3 is 0 Å². The SMILES string of the molecule is COc1ccc(-n2cc(C(=O)N(C)c3ccccc3)c(=O)c3cc(OC)c(OC)cc32)cc1OC. The van der Waals surface area contributed by atoms with Crippen LogP contribution < -0.4 is 29.3 Å². The quantitative estimate of drug-likeness (QED) is 0.397. The van der Waals surface area contributed by atoms with E-state index in [2.05, 4.69) is 0 Å². The third kappa shape index (κ3) is 4.26. The average Bonchev–Trinajstić information content (AvgIpc) is 2.91. The lowest BCUT2D eigenvalue weighted by Gasteiger charge is -2.20. The van der Waals surface area contributed by atoms with Crippen molar-refractivity contribution in [1.82, 2.24) is 4.57 Å². The number of amides is 1. The summed E-state index contributed by atoms with van der Waals surface area (Å²) in [6, 6.07) is 17.8. The molecule has 35 heavy (non-hydrogen) atoms. The van der Waals surface area contributed by atoms with Gasteiger partial charge in [0, 0.05) is 36.8 Å². The van der Waals surface area contributed by atoms with Crippen molar-refractivity contribution < 1.29 is 23.7 Å². The fourth-order valence-corrected chi connectivity index (χ4v) is 3.94. The Morgan fingerprint density at radius 2 is 1.37 bits per heavy atom. The van der Waals surface area contributed by atoms with Gasteiger partial charge in [0.1, 0.15) is 5.56 Å². The number of rotatable bonds is 7. The standard InChI is InChI=1S/C27H26N2O6/c1-28(17-9-7-6-8-10-17)27(31)20-16-29(18-11-12-22(32-2)23(13-18)33-3)21-15-25(35-5)24(34-4)14-19(21)26(20)30/h6-16H,1-5H3. The molecule has 0 spiro atoms. The molecule has 1 amide bonds. The Morgan fingerprint density at radius 3 is 2.00 bits per heavy atom. The topological polar surface area (TPSA) is 79.2 Å². The molecule has 0 fully saturated rings. The van der Waals surface area contributed by atoms with Gasteiger partial charge in [0.25, 0.3) is 5.91 Å². The number of carbonyl (C=O) groups is 1. The molecule has 1 aromatic heterocycles. The summed E-state index contributed by atoms with van der Waals surface area (Å²) in [6.45, 7) is 0. The minimum absolute atomic E-state index is 0.00542. The highest BCUT2D eigenvalue weighted by Crippen LogP contribution is 2.34. The van der Waals surface area contributed by atoms with Gasteiger partial charge in [-0.15, -0.1) is 0 Å². The van der Waals surface area contributed by atoms with Crippen LogP contribution in [0.2, 0.25) is 0 Å². The third-order valence-electron chi connectivity index (χ3n) is 5.83. The summed E-state index contributed by atoms with van der Waals surface area (Å²) in [5.41, 5.74) is 1.47. The van der Waals surface area contributed by atoms with E-state index in [-0.39, 0.29) is 5.56 Å². The fraction of sp³-hybridized carbons (Fsp3) is 0.185. The summed E-state index contributed by atoms with van der Waals surface area (Å²) in [5.74, 6) is 1.46. The number of nitrogens with zero attached hydrogens (tertiary/aromatic N) is 2. The Labute approximate surface area is 202 Å². The number of hydrogen-bond donors (Lipinski definition) is 0. The number of methoxy groups -OCH3 is 4. The van der Waals surface area contributed by atoms with E-state index >= 15 is 0 Å². The molecule has 0 aliphatic rings. The van der Waals surface area contributed by atoms with Gasteiger partial charge in [0.2, 0.25) is 5.43 Å². The predicted octanol–water partition coefficient (Wildman–Crippen LogP) is 4.30. The molecule has 0 unspecified atom stereocenters. The number of para-hydroxylation sites is 1. The van der Waals surface area contributed by atoms with Crippen LogP contribution in [0.3, 0.4) is 0 Å². The number of anilines is 1. The normalized spacial score (nSPS) is 10.7. The number of carbonyl (C=O) groups excluding carboxylic acids is 1. The maximum Gasteiger partial charge on any atom is 0.263 e. The van der Waals surface area contributed by atoms with E-state index in [1.807, 2.05) is 24.3 Å². The fourth-order valence-electron chi connectivity index (χ4n) is 3.94. The number of aromatic nitrogens is 1. The first-order valence-corrected chi connectivity index (χ1v) is 10.8. The minimum atomic E-state index is -0.438. The van der Waals surface area contributed by atoms with Crippen molar-refractivity contribution in [3.63, 3.8) is 0 Å². The van der Waals surface area contributed by atoms with Crippen LogP contribution in [0.25, 0.3) is 16.6 Å². The molecule has 0 bridgehead atoms. The number of fused-ring (bicyclic) bond motifs is 1. The lowest BCUT2D eigenvalue weighted by Crippen LogP contribution is -2.31. The van der Waals surface area contributed by atoms with Gasteiger partial charge in [-0.1, -0.05) is 18.2 Å². The van der Waals surface area contributed by atoms with Crippen LogP contribution in [0.4, 0.5) is 5.69 Å². The molecule has 3 aromatic carbocycles. The molecule has 0 N–H and O–H groups in total. The summed E-state index contributed by atoms with van der Waals surface area (Å²) in [7, 11) is 7.75. The zero-order valence-electron chi connectivity index (χ0n) is 20.2. The summed E-state index contributed by atoms with van der Waals surface area (Å²) in [5, 5.41) is 0.310. The summed E-state index contributed by atoms with van der Waals surface area (Å²) >= 11 is 0. The zero-order chi connectivity index (χ0) is 25.1. The highest BCUT2D eigenvalue weighted by atomic mass is 16.5. The molecule has 180 valence electrons. The largest absolute Gasteiger partial charge is 0.493 e. The second-order valence-electron chi connectivity index (χ2n) is 7.71. The van der Waals surface area contributed by atoms with E-state index < -0.39 is 11.3 Å². The Bertz CT molecular complexity index is 1450. The Balaban J connectivity index is 2.01. The summed E-state index contributed by atoms with van der Waals surface area (Å²) in [4.78, 5) is 28.5. The maximum absolute atomic E-state index is 13.6. The maximum atomic E-state index is 13.6. The van der Waals surface area contributed by atoms with Crippen molar-refractivity contribution in [3.05, 3.63) is 82.6 Å². The van der Waals surface area contributed by atoms with Gasteiger partial charge in [-0.3, -0.25) is 9.59 Å². The molecule has 0 saturated carbocycles. The van der Waals surface area contributed by atoms with Crippen molar-refractivity contribution in [1.29, 1.82) is 0 Å². The Morgan fingerprint density at radius 1 is 0.771 bits per heavy atom. The molecule has 0 saturated heterocycles. The average molecular weight is 475 g/mol. The van der Waals surface area contributed by atoms with E-state index in [1.54, 1.807) is 68.4 Å². The van der Waals surface area contributed by atoms with Crippen molar-refractivity contribution in [3.8, 4) is 28.7 Å². The highest BCUT2D eigenvalue weighted by molar-refractivity contribution is 6.07. The molecular weight excluding hydrogens is 448 g/mol. The zero-order valence-corrected chi connectivity index (χ0v) is 20.2. The van der Waals surface area contributed by atoms with Crippen LogP contribution in [0.1, 0.15) is 10.4 Å². The first-order valence-electron chi connectivity index (χ1n) is 10.8. The third-order valence-corrected chi connectivity index (χ3v) is 5.83. The molecule has 1 heterocycles. The molecule has 4 aromatic rings. The van der Waals surface area contributed by atoms with Gasteiger partial charge < -0.3 is 28.4 Å². The van der Waals surface area contributed by atoms with E-state index in [4.69, 9.17) is 18.9 Å². The van der Waals surface area contributed by atoms with Crippen molar-refractivity contribution >= 4 is 22.5 Å². The molecule has 8 heteroatoms. The van der Waals surface area contributed by atoms with Crippen LogP contribution in [-0.4, -0.2) is 46.0 Å². The van der Waals surface area contributed by atoms with Crippen molar-refractivity contribution in [2.45, 2.75) is 0 Å². The molecule has 0 aliphatic carbocycles. The lowest BCUT2D eigenvalue weighted by atomic mass is 10.1. The number of hydrogen-bond acceptors (Lipinski definition) is 6.